The van der Waals surface area contributed by atoms with Crippen LogP contribution in [0, 0.1) is 0 Å². The molecule has 1 saturated heterocycles. The number of carbonyl (C=O) groups excluding carboxylic acids is 1. The van der Waals surface area contributed by atoms with E-state index in [1.807, 2.05) is 30.3 Å². The van der Waals surface area contributed by atoms with Gasteiger partial charge in [0, 0.05) is 6.54 Å². The Hall–Kier alpha value is -1.96. The number of rotatable bonds is 5. The molecule has 1 fully saturated rings. The molecular weight excluding hydrogens is 332 g/mol. The van der Waals surface area contributed by atoms with Crippen LogP contribution in [0.4, 0.5) is 0 Å². The largest absolute Gasteiger partial charge is 0.392 e. The van der Waals surface area contributed by atoms with Gasteiger partial charge in [0.1, 0.15) is 0 Å². The molecule has 1 aliphatic rings. The number of hydrogen-bond donors (Lipinski definition) is 3. The molecule has 1 aromatic heterocycles. The summed E-state index contributed by atoms with van der Waals surface area (Å²) in [6.07, 6.45) is 0.512. The fraction of sp³-hybridized carbons (Fsp3) is 0.438. The zero-order valence-electron chi connectivity index (χ0n) is 13.3. The molecule has 24 heavy (non-hydrogen) atoms. The van der Waals surface area contributed by atoms with Crippen molar-refractivity contribution in [1.29, 1.82) is 0 Å². The van der Waals surface area contributed by atoms with Crippen molar-refractivity contribution in [3.05, 3.63) is 47.6 Å². The van der Waals surface area contributed by atoms with Gasteiger partial charge in [-0.3, -0.25) is 4.79 Å². The second kappa shape index (κ2) is 8.23. The third-order valence-corrected chi connectivity index (χ3v) is 3.85. The molecule has 0 radical (unpaired) electrons. The van der Waals surface area contributed by atoms with E-state index in [2.05, 4.69) is 20.8 Å². The van der Waals surface area contributed by atoms with E-state index in [0.717, 1.165) is 5.56 Å². The van der Waals surface area contributed by atoms with Crippen molar-refractivity contribution in [1.82, 2.24) is 20.8 Å². The molecule has 1 aromatic carbocycles. The smallest absolute Gasteiger partial charge is 0.237 e. The third kappa shape index (κ3) is 4.53. The fourth-order valence-electron chi connectivity index (χ4n) is 2.58. The summed E-state index contributed by atoms with van der Waals surface area (Å²) in [5, 5.41) is 19.2. The number of nitrogens with zero attached hydrogens (tertiary/aromatic N) is 2. The van der Waals surface area contributed by atoms with Crippen LogP contribution in [0.25, 0.3) is 0 Å². The molecule has 3 atom stereocenters. The Morgan fingerprint density at radius 1 is 1.46 bits per heavy atom. The molecule has 8 heteroatoms. The predicted molar refractivity (Wildman–Crippen MR) is 89.8 cm³/mol. The molecule has 0 spiro atoms. The molecule has 1 aliphatic heterocycles. The molecule has 1 amide bonds. The van der Waals surface area contributed by atoms with E-state index in [9.17, 15) is 9.90 Å². The van der Waals surface area contributed by atoms with Crippen molar-refractivity contribution in [2.75, 3.05) is 6.54 Å². The summed E-state index contributed by atoms with van der Waals surface area (Å²) in [5.74, 6) is 0.799. The molecule has 3 unspecified atom stereocenters. The maximum Gasteiger partial charge on any atom is 0.237 e. The van der Waals surface area contributed by atoms with E-state index < -0.39 is 6.10 Å². The minimum Gasteiger partial charge on any atom is -0.392 e. The SMILES string of the molecule is CC(NC(=O)C1CC(O)CN1)c1noc(Cc2ccccc2)n1.Cl. The topological polar surface area (TPSA) is 100 Å². The molecule has 3 rings (SSSR count). The number of nitrogens with one attached hydrogen (secondary N) is 2. The number of carbonyl (C=O) groups is 1. The standard InChI is InChI=1S/C16H20N4O3.ClH/c1-10(18-16(22)13-8-12(21)9-17-13)15-19-14(23-20-15)7-11-5-3-2-4-6-11;/h2-6,10,12-13,17,21H,7-9H2,1H3,(H,18,22);1H. The first-order chi connectivity index (χ1) is 11.1. The van der Waals surface area contributed by atoms with Gasteiger partial charge < -0.3 is 20.3 Å². The zero-order chi connectivity index (χ0) is 16.2. The zero-order valence-corrected chi connectivity index (χ0v) is 14.1. The number of aromatic nitrogens is 2. The summed E-state index contributed by atoms with van der Waals surface area (Å²) >= 11 is 0. The van der Waals surface area contributed by atoms with Crippen molar-refractivity contribution in [2.45, 2.75) is 38.0 Å². The van der Waals surface area contributed by atoms with Crippen molar-refractivity contribution < 1.29 is 14.4 Å². The number of benzene rings is 1. The van der Waals surface area contributed by atoms with Crippen molar-refractivity contribution in [2.24, 2.45) is 0 Å². The van der Waals surface area contributed by atoms with Gasteiger partial charge >= 0.3 is 0 Å². The lowest BCUT2D eigenvalue weighted by atomic mass is 10.1. The van der Waals surface area contributed by atoms with Crippen LogP contribution in [-0.4, -0.2) is 39.8 Å². The van der Waals surface area contributed by atoms with Crippen LogP contribution in [0.5, 0.6) is 0 Å². The molecule has 2 heterocycles. The molecule has 2 aromatic rings. The van der Waals surface area contributed by atoms with Crippen LogP contribution in [0.15, 0.2) is 34.9 Å². The van der Waals surface area contributed by atoms with E-state index in [0.29, 0.717) is 31.1 Å². The first-order valence-corrected chi connectivity index (χ1v) is 7.70. The lowest BCUT2D eigenvalue weighted by Gasteiger charge is -2.14. The average molecular weight is 353 g/mol. The average Bonchev–Trinajstić information content (AvgIpc) is 3.17. The number of aliphatic hydroxyl groups excluding tert-OH is 1. The summed E-state index contributed by atoms with van der Waals surface area (Å²) in [6.45, 7) is 2.25. The van der Waals surface area contributed by atoms with Crippen LogP contribution < -0.4 is 10.6 Å². The first-order valence-electron chi connectivity index (χ1n) is 7.70. The van der Waals surface area contributed by atoms with Crippen LogP contribution in [0.3, 0.4) is 0 Å². The Kier molecular flexibility index (Phi) is 6.30. The van der Waals surface area contributed by atoms with Gasteiger partial charge in [0.25, 0.3) is 0 Å². The summed E-state index contributed by atoms with van der Waals surface area (Å²) in [7, 11) is 0. The number of amides is 1. The number of aliphatic hydroxyl groups is 1. The quantitative estimate of drug-likeness (QED) is 0.741. The number of β-amino-alcohol motifs (C(OH)–C–C–N with tert-alkyl or cyclic N) is 1. The minimum atomic E-state index is -0.469. The van der Waals surface area contributed by atoms with Crippen LogP contribution in [0.2, 0.25) is 0 Å². The molecule has 0 bridgehead atoms. The molecule has 0 saturated carbocycles. The van der Waals surface area contributed by atoms with Gasteiger partial charge in [-0.2, -0.15) is 4.98 Å². The Morgan fingerprint density at radius 2 is 2.21 bits per heavy atom. The lowest BCUT2D eigenvalue weighted by Crippen LogP contribution is -2.41. The molecule has 3 N–H and O–H groups in total. The predicted octanol–water partition coefficient (Wildman–Crippen LogP) is 0.982. The van der Waals surface area contributed by atoms with Crippen LogP contribution >= 0.6 is 12.4 Å². The highest BCUT2D eigenvalue weighted by Gasteiger charge is 2.29. The van der Waals surface area contributed by atoms with Gasteiger partial charge in [-0.05, 0) is 18.9 Å². The summed E-state index contributed by atoms with van der Waals surface area (Å²) in [5.41, 5.74) is 1.09. The Bertz CT molecular complexity index is 664. The number of hydrogen-bond acceptors (Lipinski definition) is 6. The molecule has 130 valence electrons. The van der Waals surface area contributed by atoms with Gasteiger partial charge in [-0.25, -0.2) is 0 Å². The maximum absolute atomic E-state index is 12.1. The molecular formula is C16H21ClN4O3. The third-order valence-electron chi connectivity index (χ3n) is 3.85. The highest BCUT2D eigenvalue weighted by molar-refractivity contribution is 5.85. The fourth-order valence-corrected chi connectivity index (χ4v) is 2.58. The van der Waals surface area contributed by atoms with Crippen molar-refractivity contribution >= 4 is 18.3 Å². The van der Waals surface area contributed by atoms with Gasteiger partial charge in [0.15, 0.2) is 5.82 Å². The lowest BCUT2D eigenvalue weighted by molar-refractivity contribution is -0.123. The maximum atomic E-state index is 12.1. The number of halogens is 1. The van der Waals surface area contributed by atoms with Gasteiger partial charge in [-0.1, -0.05) is 35.5 Å². The van der Waals surface area contributed by atoms with E-state index in [1.165, 1.54) is 0 Å². The van der Waals surface area contributed by atoms with E-state index >= 15 is 0 Å². The Labute approximate surface area is 146 Å². The van der Waals surface area contributed by atoms with Crippen LogP contribution in [0.1, 0.15) is 36.7 Å². The second-order valence-corrected chi connectivity index (χ2v) is 5.79. The van der Waals surface area contributed by atoms with Crippen LogP contribution in [-0.2, 0) is 11.2 Å². The summed E-state index contributed by atoms with van der Waals surface area (Å²) in [4.78, 5) is 16.4. The molecule has 0 aliphatic carbocycles. The minimum absolute atomic E-state index is 0. The van der Waals surface area contributed by atoms with E-state index in [4.69, 9.17) is 4.52 Å². The monoisotopic (exact) mass is 352 g/mol. The van der Waals surface area contributed by atoms with E-state index in [-0.39, 0.29) is 30.4 Å². The van der Waals surface area contributed by atoms with Gasteiger partial charge in [0.2, 0.25) is 11.8 Å². The highest BCUT2D eigenvalue weighted by Crippen LogP contribution is 2.13. The highest BCUT2D eigenvalue weighted by atomic mass is 35.5. The Balaban J connectivity index is 0.00000208. The Morgan fingerprint density at radius 3 is 2.88 bits per heavy atom. The van der Waals surface area contributed by atoms with Crippen molar-refractivity contribution in [3.8, 4) is 0 Å². The van der Waals surface area contributed by atoms with Gasteiger partial charge in [-0.15, -0.1) is 12.4 Å². The van der Waals surface area contributed by atoms with Gasteiger partial charge in [0.05, 0.1) is 24.6 Å². The normalized spacial score (nSPS) is 21.1. The summed E-state index contributed by atoms with van der Waals surface area (Å²) in [6, 6.07) is 9.13. The van der Waals surface area contributed by atoms with E-state index in [1.54, 1.807) is 6.92 Å². The van der Waals surface area contributed by atoms with Crippen molar-refractivity contribution in [3.63, 3.8) is 0 Å². The molecule has 7 nitrogen and oxygen atoms in total. The first kappa shape index (κ1) is 18.4. The summed E-state index contributed by atoms with van der Waals surface area (Å²) < 4.78 is 5.25. The second-order valence-electron chi connectivity index (χ2n) is 5.79.